The van der Waals surface area contributed by atoms with E-state index in [4.69, 9.17) is 0 Å². The number of rotatable bonds is 0. The van der Waals surface area contributed by atoms with Crippen LogP contribution in [0.25, 0.3) is 5.57 Å². The number of allylic oxidation sites excluding steroid dienone is 4. The largest absolute Gasteiger partial charge is 0.289 e. The third-order valence-corrected chi connectivity index (χ3v) is 3.90. The highest BCUT2D eigenvalue weighted by Gasteiger charge is 2.32. The molecular formula is C12H10OS. The van der Waals surface area contributed by atoms with E-state index in [-0.39, 0.29) is 5.78 Å². The Labute approximate surface area is 86.8 Å². The average Bonchev–Trinajstić information content (AvgIpc) is 2.71. The van der Waals surface area contributed by atoms with Gasteiger partial charge in [0.05, 0.1) is 0 Å². The quantitative estimate of drug-likeness (QED) is 0.630. The van der Waals surface area contributed by atoms with Crippen LogP contribution in [-0.2, 0) is 0 Å². The first-order valence-electron chi connectivity index (χ1n) is 4.72. The number of carbonyl (C=O) groups is 1. The molecule has 0 aliphatic heterocycles. The average molecular weight is 202 g/mol. The molecule has 0 N–H and O–H groups in total. The van der Waals surface area contributed by atoms with E-state index < -0.39 is 0 Å². The van der Waals surface area contributed by atoms with Crippen molar-refractivity contribution in [2.45, 2.75) is 20.3 Å². The molecule has 1 aromatic rings. The van der Waals surface area contributed by atoms with Gasteiger partial charge in [-0.25, -0.2) is 0 Å². The summed E-state index contributed by atoms with van der Waals surface area (Å²) in [6.07, 6.45) is 3.01. The number of hydrogen-bond donors (Lipinski definition) is 0. The fourth-order valence-corrected chi connectivity index (χ4v) is 3.28. The second kappa shape index (κ2) is 2.45. The van der Waals surface area contributed by atoms with E-state index in [1.54, 1.807) is 11.3 Å². The van der Waals surface area contributed by atoms with Crippen molar-refractivity contribution >= 4 is 22.7 Å². The van der Waals surface area contributed by atoms with Crippen LogP contribution in [0.3, 0.4) is 0 Å². The predicted octanol–water partition coefficient (Wildman–Crippen LogP) is 3.36. The van der Waals surface area contributed by atoms with Gasteiger partial charge in [0.25, 0.3) is 0 Å². The van der Waals surface area contributed by atoms with Gasteiger partial charge < -0.3 is 0 Å². The molecule has 1 heterocycles. The van der Waals surface area contributed by atoms with E-state index in [1.165, 1.54) is 20.9 Å². The maximum absolute atomic E-state index is 11.9. The molecule has 0 unspecified atom stereocenters. The van der Waals surface area contributed by atoms with Crippen LogP contribution in [0, 0.1) is 6.92 Å². The highest BCUT2D eigenvalue weighted by molar-refractivity contribution is 7.13. The number of hydrogen-bond acceptors (Lipinski definition) is 2. The van der Waals surface area contributed by atoms with Crippen LogP contribution in [-0.4, -0.2) is 5.78 Å². The summed E-state index contributed by atoms with van der Waals surface area (Å²) >= 11 is 1.75. The van der Waals surface area contributed by atoms with Crippen LogP contribution in [0.15, 0.2) is 23.3 Å². The molecule has 0 aromatic carbocycles. The highest BCUT2D eigenvalue weighted by atomic mass is 32.1. The summed E-state index contributed by atoms with van der Waals surface area (Å²) in [5, 5.41) is 0. The van der Waals surface area contributed by atoms with Gasteiger partial charge in [0.15, 0.2) is 5.78 Å². The lowest BCUT2D eigenvalue weighted by molar-refractivity contribution is 0.104. The summed E-state index contributed by atoms with van der Waals surface area (Å²) in [5.74, 6) is 0.233. The second-order valence-electron chi connectivity index (χ2n) is 3.99. The summed E-state index contributed by atoms with van der Waals surface area (Å²) in [6, 6.07) is 2.02. The Bertz CT molecular complexity index is 514. The van der Waals surface area contributed by atoms with Crippen molar-refractivity contribution < 1.29 is 4.79 Å². The van der Waals surface area contributed by atoms with Crippen LogP contribution >= 0.6 is 11.3 Å². The van der Waals surface area contributed by atoms with Crippen LogP contribution in [0.5, 0.6) is 0 Å². The van der Waals surface area contributed by atoms with Crippen molar-refractivity contribution in [1.29, 1.82) is 0 Å². The van der Waals surface area contributed by atoms with E-state index >= 15 is 0 Å². The molecule has 2 heteroatoms. The standard InChI is InChI=1S/C12H10OS/c1-6-3-8-9(4-6)12-10(11(8)13)5-7(2)14-12/h3,5H,4H2,1-2H3. The Balaban J connectivity index is 2.23. The minimum Gasteiger partial charge on any atom is -0.289 e. The molecule has 0 spiro atoms. The fourth-order valence-electron chi connectivity index (χ4n) is 2.22. The van der Waals surface area contributed by atoms with E-state index in [0.717, 1.165) is 17.6 Å². The van der Waals surface area contributed by atoms with E-state index in [2.05, 4.69) is 13.8 Å². The third kappa shape index (κ3) is 0.867. The first-order chi connectivity index (χ1) is 6.66. The second-order valence-corrected chi connectivity index (χ2v) is 5.24. The molecule has 0 amide bonds. The summed E-state index contributed by atoms with van der Waals surface area (Å²) < 4.78 is 0. The van der Waals surface area contributed by atoms with Gasteiger partial charge in [-0.05, 0) is 31.9 Å². The molecule has 3 rings (SSSR count). The van der Waals surface area contributed by atoms with Crippen molar-refractivity contribution in [2.75, 3.05) is 0 Å². The Kier molecular flexibility index (Phi) is 1.43. The van der Waals surface area contributed by atoms with E-state index in [1.807, 2.05) is 12.1 Å². The third-order valence-electron chi connectivity index (χ3n) is 2.79. The van der Waals surface area contributed by atoms with E-state index in [9.17, 15) is 4.79 Å². The zero-order valence-corrected chi connectivity index (χ0v) is 8.99. The molecule has 0 saturated carbocycles. The first-order valence-corrected chi connectivity index (χ1v) is 5.54. The smallest absolute Gasteiger partial charge is 0.194 e. The molecule has 0 saturated heterocycles. The summed E-state index contributed by atoms with van der Waals surface area (Å²) in [4.78, 5) is 14.4. The van der Waals surface area contributed by atoms with Crippen LogP contribution in [0.2, 0.25) is 0 Å². The predicted molar refractivity (Wildman–Crippen MR) is 58.7 cm³/mol. The zero-order valence-electron chi connectivity index (χ0n) is 8.18. The van der Waals surface area contributed by atoms with Crippen molar-refractivity contribution in [3.8, 4) is 0 Å². The minimum atomic E-state index is 0.233. The molecule has 14 heavy (non-hydrogen) atoms. The van der Waals surface area contributed by atoms with Gasteiger partial charge in [-0.15, -0.1) is 11.3 Å². The van der Waals surface area contributed by atoms with Crippen LogP contribution in [0.1, 0.15) is 33.5 Å². The summed E-state index contributed by atoms with van der Waals surface area (Å²) in [6.45, 7) is 4.15. The molecule has 2 aliphatic rings. The molecule has 0 atom stereocenters. The molecule has 0 radical (unpaired) electrons. The number of aryl methyl sites for hydroxylation is 1. The molecule has 70 valence electrons. The zero-order chi connectivity index (χ0) is 9.87. The van der Waals surface area contributed by atoms with Crippen molar-refractivity contribution in [1.82, 2.24) is 0 Å². The Morgan fingerprint density at radius 1 is 1.36 bits per heavy atom. The lowest BCUT2D eigenvalue weighted by atomic mass is 10.1. The van der Waals surface area contributed by atoms with E-state index in [0.29, 0.717) is 0 Å². The minimum absolute atomic E-state index is 0.233. The van der Waals surface area contributed by atoms with Gasteiger partial charge in [-0.3, -0.25) is 4.79 Å². The van der Waals surface area contributed by atoms with Gasteiger partial charge in [-0.2, -0.15) is 0 Å². The molecular weight excluding hydrogens is 192 g/mol. The monoisotopic (exact) mass is 202 g/mol. The SMILES string of the molecule is CC1=CC2=C(C1)c1sc(C)cc1C2=O. The van der Waals surface area contributed by atoms with Gasteiger partial charge in [0, 0.05) is 20.9 Å². The lowest BCUT2D eigenvalue weighted by Crippen LogP contribution is -1.94. The number of fused-ring (bicyclic) bond motifs is 2. The van der Waals surface area contributed by atoms with Gasteiger partial charge in [0.1, 0.15) is 0 Å². The highest BCUT2D eigenvalue weighted by Crippen LogP contribution is 2.45. The molecule has 0 fully saturated rings. The topological polar surface area (TPSA) is 17.1 Å². The molecule has 1 aromatic heterocycles. The molecule has 1 nitrogen and oxygen atoms in total. The summed E-state index contributed by atoms with van der Waals surface area (Å²) in [7, 11) is 0. The van der Waals surface area contributed by atoms with Crippen LogP contribution < -0.4 is 0 Å². The van der Waals surface area contributed by atoms with Gasteiger partial charge in [-0.1, -0.05) is 11.6 Å². The van der Waals surface area contributed by atoms with Gasteiger partial charge in [0.2, 0.25) is 0 Å². The number of Topliss-reactive ketones (excluding diaryl/α,β-unsaturated/α-hetero) is 1. The first kappa shape index (κ1) is 8.18. The van der Waals surface area contributed by atoms with Gasteiger partial charge >= 0.3 is 0 Å². The van der Waals surface area contributed by atoms with Crippen molar-refractivity contribution in [3.63, 3.8) is 0 Å². The normalized spacial score (nSPS) is 18.7. The molecule has 0 bridgehead atoms. The maximum Gasteiger partial charge on any atom is 0.194 e. The number of ketones is 1. The van der Waals surface area contributed by atoms with Crippen LogP contribution in [0.4, 0.5) is 0 Å². The lowest BCUT2D eigenvalue weighted by Gasteiger charge is -1.96. The van der Waals surface area contributed by atoms with Crippen molar-refractivity contribution in [2.24, 2.45) is 0 Å². The number of thiophene rings is 1. The number of carbonyl (C=O) groups excluding carboxylic acids is 1. The maximum atomic E-state index is 11.9. The molecule has 2 aliphatic carbocycles. The van der Waals surface area contributed by atoms with Crippen molar-refractivity contribution in [3.05, 3.63) is 38.6 Å². The Hall–Kier alpha value is -1.15. The Morgan fingerprint density at radius 2 is 2.14 bits per heavy atom. The summed E-state index contributed by atoms with van der Waals surface area (Å²) in [5.41, 5.74) is 4.45. The fraction of sp³-hybridized carbons (Fsp3) is 0.250. The Morgan fingerprint density at radius 3 is 2.93 bits per heavy atom.